The molecule has 0 aromatic heterocycles. The zero-order chi connectivity index (χ0) is 19.0. The van der Waals surface area contributed by atoms with Gasteiger partial charge in [-0.15, -0.1) is 24.0 Å². The van der Waals surface area contributed by atoms with E-state index < -0.39 is 9.84 Å². The predicted octanol–water partition coefficient (Wildman–Crippen LogP) is 3.90. The van der Waals surface area contributed by atoms with Gasteiger partial charge in [0.2, 0.25) is 0 Å². The molecule has 8 heteroatoms. The molecule has 0 aliphatic rings. The first-order chi connectivity index (χ1) is 12.4. The number of guanidine groups is 1. The molecule has 0 aliphatic heterocycles. The first kappa shape index (κ1) is 23.9. The van der Waals surface area contributed by atoms with Crippen molar-refractivity contribution in [2.45, 2.75) is 25.3 Å². The van der Waals surface area contributed by atoms with Gasteiger partial charge in [0.1, 0.15) is 0 Å². The van der Waals surface area contributed by atoms with Gasteiger partial charge in [-0.1, -0.05) is 40.2 Å². The summed E-state index contributed by atoms with van der Waals surface area (Å²) in [5, 5.41) is 6.24. The van der Waals surface area contributed by atoms with Crippen LogP contribution in [0, 0.1) is 6.92 Å². The molecule has 0 atom stereocenters. The normalized spacial score (nSPS) is 11.6. The summed E-state index contributed by atoms with van der Waals surface area (Å²) in [5.74, 6) is 0.616. The number of sulfone groups is 1. The lowest BCUT2D eigenvalue weighted by atomic mass is 10.1. The van der Waals surface area contributed by atoms with E-state index in [0.29, 0.717) is 23.9 Å². The monoisotopic (exact) mass is 565 g/mol. The highest BCUT2D eigenvalue weighted by Gasteiger charge is 2.14. The minimum absolute atomic E-state index is 0. The molecular weight excluding hydrogens is 541 g/mol. The summed E-state index contributed by atoms with van der Waals surface area (Å²) < 4.78 is 25.6. The summed E-state index contributed by atoms with van der Waals surface area (Å²) in [6, 6.07) is 14.8. The third-order valence-corrected chi connectivity index (χ3v) is 6.11. The number of rotatable bonds is 7. The summed E-state index contributed by atoms with van der Waals surface area (Å²) >= 11 is 3.31. The van der Waals surface area contributed by atoms with Crippen LogP contribution in [0.15, 0.2) is 62.9 Å². The van der Waals surface area contributed by atoms with Gasteiger partial charge in [-0.05, 0) is 49.2 Å². The van der Waals surface area contributed by atoms with Gasteiger partial charge in [-0.3, -0.25) is 0 Å². The summed E-state index contributed by atoms with van der Waals surface area (Å²) in [6.07, 6.45) is 0. The van der Waals surface area contributed by atoms with Gasteiger partial charge in [0.15, 0.2) is 15.8 Å². The molecule has 0 saturated heterocycles. The van der Waals surface area contributed by atoms with Crippen molar-refractivity contribution in [1.82, 2.24) is 10.6 Å². The first-order valence-electron chi connectivity index (χ1n) is 8.47. The molecule has 0 fully saturated rings. The van der Waals surface area contributed by atoms with Crippen molar-refractivity contribution in [3.63, 3.8) is 0 Å². The van der Waals surface area contributed by atoms with E-state index in [1.54, 1.807) is 24.3 Å². The Labute approximate surface area is 187 Å². The van der Waals surface area contributed by atoms with Crippen LogP contribution in [0.5, 0.6) is 0 Å². The summed E-state index contributed by atoms with van der Waals surface area (Å²) in [6.45, 7) is 5.57. The molecule has 0 spiro atoms. The van der Waals surface area contributed by atoms with Crippen molar-refractivity contribution in [1.29, 1.82) is 0 Å². The second-order valence-electron chi connectivity index (χ2n) is 5.82. The van der Waals surface area contributed by atoms with E-state index in [4.69, 9.17) is 0 Å². The molecule has 0 bridgehead atoms. The molecule has 2 aromatic carbocycles. The maximum Gasteiger partial charge on any atom is 0.191 e. The van der Waals surface area contributed by atoms with Crippen LogP contribution in [0.4, 0.5) is 0 Å². The van der Waals surface area contributed by atoms with Crippen LogP contribution >= 0.6 is 39.9 Å². The molecule has 0 unspecified atom stereocenters. The zero-order valence-corrected chi connectivity index (χ0v) is 20.1. The van der Waals surface area contributed by atoms with E-state index in [2.05, 4.69) is 44.5 Å². The molecule has 5 nitrogen and oxygen atoms in total. The van der Waals surface area contributed by atoms with Gasteiger partial charge in [0.25, 0.3) is 0 Å². The van der Waals surface area contributed by atoms with Crippen LogP contribution in [0.1, 0.15) is 18.1 Å². The van der Waals surface area contributed by atoms with Crippen molar-refractivity contribution in [2.24, 2.45) is 4.99 Å². The maximum atomic E-state index is 12.4. The Balaban J connectivity index is 0.00000364. The average Bonchev–Trinajstić information content (AvgIpc) is 2.61. The molecule has 2 N–H and O–H groups in total. The highest BCUT2D eigenvalue weighted by atomic mass is 127. The molecule has 27 heavy (non-hydrogen) atoms. The van der Waals surface area contributed by atoms with Crippen LogP contribution in [0.2, 0.25) is 0 Å². The van der Waals surface area contributed by atoms with Crippen molar-refractivity contribution < 1.29 is 8.42 Å². The number of benzene rings is 2. The highest BCUT2D eigenvalue weighted by Crippen LogP contribution is 2.15. The number of aliphatic imine (C=N–C) groups is 1. The largest absolute Gasteiger partial charge is 0.357 e. The molecule has 2 aromatic rings. The molecule has 148 valence electrons. The van der Waals surface area contributed by atoms with Gasteiger partial charge in [-0.2, -0.15) is 0 Å². The Morgan fingerprint density at radius 2 is 1.74 bits per heavy atom. The van der Waals surface area contributed by atoms with Gasteiger partial charge in [0, 0.05) is 17.6 Å². The van der Waals surface area contributed by atoms with E-state index >= 15 is 0 Å². The topological polar surface area (TPSA) is 70.6 Å². The Hall–Kier alpha value is -1.13. The SMILES string of the molecule is CCNC(=NCc1ccccc1C)NCCS(=O)(=O)c1ccc(Br)cc1.I. The Morgan fingerprint density at radius 3 is 2.37 bits per heavy atom. The fraction of sp³-hybridized carbons (Fsp3) is 0.316. The molecule has 0 aliphatic carbocycles. The number of aryl methyl sites for hydroxylation is 1. The van der Waals surface area contributed by atoms with Crippen LogP contribution < -0.4 is 10.6 Å². The first-order valence-corrected chi connectivity index (χ1v) is 10.9. The fourth-order valence-electron chi connectivity index (χ4n) is 2.36. The summed E-state index contributed by atoms with van der Waals surface area (Å²) in [4.78, 5) is 4.87. The van der Waals surface area contributed by atoms with E-state index in [0.717, 1.165) is 10.0 Å². The fourth-order valence-corrected chi connectivity index (χ4v) is 3.78. The lowest BCUT2D eigenvalue weighted by Gasteiger charge is -2.12. The maximum absolute atomic E-state index is 12.4. The average molecular weight is 566 g/mol. The van der Waals surface area contributed by atoms with E-state index in [-0.39, 0.29) is 36.3 Å². The van der Waals surface area contributed by atoms with E-state index in [9.17, 15) is 8.42 Å². The molecule has 0 radical (unpaired) electrons. The van der Waals surface area contributed by atoms with Crippen LogP contribution in [0.3, 0.4) is 0 Å². The van der Waals surface area contributed by atoms with Gasteiger partial charge >= 0.3 is 0 Å². The minimum atomic E-state index is -3.33. The minimum Gasteiger partial charge on any atom is -0.357 e. The summed E-state index contributed by atoms with van der Waals surface area (Å²) in [5.41, 5.74) is 2.33. The standard InChI is InChI=1S/C19H24BrN3O2S.HI/c1-3-21-19(23-14-16-7-5-4-6-15(16)2)22-12-13-26(24,25)18-10-8-17(20)9-11-18;/h4-11H,3,12-14H2,1-2H3,(H2,21,22,23);1H. The third-order valence-electron chi connectivity index (χ3n) is 3.85. The molecule has 0 heterocycles. The molecular formula is C19H25BrIN3O2S. The smallest absolute Gasteiger partial charge is 0.191 e. The summed E-state index contributed by atoms with van der Waals surface area (Å²) in [7, 11) is -3.33. The van der Waals surface area contributed by atoms with Crippen molar-refractivity contribution >= 4 is 55.7 Å². The number of hydrogen-bond donors (Lipinski definition) is 2. The third kappa shape index (κ3) is 7.79. The lowest BCUT2D eigenvalue weighted by Crippen LogP contribution is -2.39. The zero-order valence-electron chi connectivity index (χ0n) is 15.4. The molecule has 0 amide bonds. The Bertz CT molecular complexity index is 856. The molecule has 0 saturated carbocycles. The van der Waals surface area contributed by atoms with Crippen molar-refractivity contribution in [3.05, 3.63) is 64.1 Å². The van der Waals surface area contributed by atoms with Crippen LogP contribution in [0.25, 0.3) is 0 Å². The van der Waals surface area contributed by atoms with Gasteiger partial charge in [-0.25, -0.2) is 13.4 Å². The van der Waals surface area contributed by atoms with Crippen LogP contribution in [-0.2, 0) is 16.4 Å². The quantitative estimate of drug-likeness (QED) is 0.303. The molecule has 2 rings (SSSR count). The van der Waals surface area contributed by atoms with Crippen molar-refractivity contribution in [3.8, 4) is 0 Å². The van der Waals surface area contributed by atoms with E-state index in [1.807, 2.05) is 25.1 Å². The lowest BCUT2D eigenvalue weighted by molar-refractivity contribution is 0.594. The number of nitrogens with zero attached hydrogens (tertiary/aromatic N) is 1. The van der Waals surface area contributed by atoms with E-state index in [1.165, 1.54) is 5.56 Å². The van der Waals surface area contributed by atoms with Gasteiger partial charge < -0.3 is 10.6 Å². The number of hydrogen-bond acceptors (Lipinski definition) is 3. The Morgan fingerprint density at radius 1 is 1.07 bits per heavy atom. The second-order valence-corrected chi connectivity index (χ2v) is 8.85. The number of nitrogens with one attached hydrogen (secondary N) is 2. The number of halogens is 2. The highest BCUT2D eigenvalue weighted by molar-refractivity contribution is 14.0. The predicted molar refractivity (Wildman–Crippen MR) is 126 cm³/mol. The van der Waals surface area contributed by atoms with Gasteiger partial charge in [0.05, 0.1) is 17.2 Å². The van der Waals surface area contributed by atoms with Crippen molar-refractivity contribution in [2.75, 3.05) is 18.8 Å². The van der Waals surface area contributed by atoms with Crippen LogP contribution in [-0.4, -0.2) is 33.2 Å². The Kier molecular flexibility index (Phi) is 10.3. The second kappa shape index (κ2) is 11.7.